The molecule has 5 aromatic carbocycles. The van der Waals surface area contributed by atoms with Crippen LogP contribution < -0.4 is 25.9 Å². The molecule has 0 bridgehead atoms. The highest BCUT2D eigenvalue weighted by Gasteiger charge is 2.41. The standard InChI is InChI=1S/C40H24BN3O2/c1-3-13-34-28(9-1)29-10-2-4-14-35(29)44(34)27-23-38-40-39(24-27)46-37-22-26(33-12-6-8-20-43-33)16-18-31(37)41(40)30-17-15-25(21-36(30)45-38)32-11-5-7-19-42-32/h1-24H. The number of aromatic nitrogens is 3. The molecule has 5 heterocycles. The summed E-state index contributed by atoms with van der Waals surface area (Å²) in [5.74, 6) is 3.24. The third-order valence-electron chi connectivity index (χ3n) is 9.23. The largest absolute Gasteiger partial charge is 0.458 e. The average molecular weight is 589 g/mol. The van der Waals surface area contributed by atoms with Crippen molar-refractivity contribution in [3.8, 4) is 51.2 Å². The molecule has 46 heavy (non-hydrogen) atoms. The Labute approximate surface area is 265 Å². The lowest BCUT2D eigenvalue weighted by Gasteiger charge is -2.34. The molecule has 0 saturated heterocycles. The second kappa shape index (κ2) is 9.68. The van der Waals surface area contributed by atoms with Crippen LogP contribution >= 0.6 is 0 Å². The maximum Gasteiger partial charge on any atom is 0.260 e. The van der Waals surface area contributed by atoms with Crippen LogP contribution in [0.3, 0.4) is 0 Å². The number of rotatable bonds is 3. The molecular weight excluding hydrogens is 565 g/mol. The monoisotopic (exact) mass is 589 g/mol. The van der Waals surface area contributed by atoms with Gasteiger partial charge in [0.05, 0.1) is 28.1 Å². The van der Waals surface area contributed by atoms with Crippen LogP contribution in [0.1, 0.15) is 0 Å². The van der Waals surface area contributed by atoms with Gasteiger partial charge in [-0.2, -0.15) is 0 Å². The van der Waals surface area contributed by atoms with Gasteiger partial charge in [-0.1, -0.05) is 72.8 Å². The highest BCUT2D eigenvalue weighted by atomic mass is 16.5. The summed E-state index contributed by atoms with van der Waals surface area (Å²) in [6.07, 6.45) is 3.65. The van der Waals surface area contributed by atoms with Gasteiger partial charge in [0.2, 0.25) is 0 Å². The first-order valence-electron chi connectivity index (χ1n) is 15.4. The minimum absolute atomic E-state index is 0.0553. The number of hydrogen-bond acceptors (Lipinski definition) is 4. The minimum Gasteiger partial charge on any atom is -0.458 e. The number of benzene rings is 5. The summed E-state index contributed by atoms with van der Waals surface area (Å²) in [6, 6.07) is 46.2. The Morgan fingerprint density at radius 2 is 0.978 bits per heavy atom. The highest BCUT2D eigenvalue weighted by Crippen LogP contribution is 2.40. The highest BCUT2D eigenvalue weighted by molar-refractivity contribution is 6.98. The van der Waals surface area contributed by atoms with E-state index in [-0.39, 0.29) is 6.71 Å². The second-order valence-corrected chi connectivity index (χ2v) is 11.8. The molecule has 0 radical (unpaired) electrons. The second-order valence-electron chi connectivity index (χ2n) is 11.8. The number of hydrogen-bond donors (Lipinski definition) is 0. The maximum atomic E-state index is 6.83. The first-order valence-corrected chi connectivity index (χ1v) is 15.4. The van der Waals surface area contributed by atoms with E-state index in [0.29, 0.717) is 0 Å². The van der Waals surface area contributed by atoms with Gasteiger partial charge in [-0.3, -0.25) is 9.97 Å². The van der Waals surface area contributed by atoms with Gasteiger partial charge in [0.15, 0.2) is 0 Å². The zero-order chi connectivity index (χ0) is 30.2. The third-order valence-corrected chi connectivity index (χ3v) is 9.23. The Morgan fingerprint density at radius 3 is 1.48 bits per heavy atom. The minimum atomic E-state index is -0.0553. The maximum absolute atomic E-state index is 6.83. The zero-order valence-electron chi connectivity index (χ0n) is 24.6. The van der Waals surface area contributed by atoms with Gasteiger partial charge in [-0.15, -0.1) is 0 Å². The SMILES string of the molecule is c1ccc(-c2ccc3c(c2)Oc2cc(-n4c5ccccc5c5ccccc54)cc4c2B3c2ccc(-c3ccccn3)cc2O4)nc1. The molecule has 0 aliphatic carbocycles. The number of pyridine rings is 2. The summed E-state index contributed by atoms with van der Waals surface area (Å²) in [4.78, 5) is 9.20. The molecule has 0 amide bonds. The fourth-order valence-corrected chi connectivity index (χ4v) is 7.19. The molecule has 10 rings (SSSR count). The van der Waals surface area contributed by atoms with Crippen LogP contribution in [0, 0.1) is 0 Å². The van der Waals surface area contributed by atoms with Crippen LogP contribution in [-0.4, -0.2) is 21.2 Å². The van der Waals surface area contributed by atoms with Gasteiger partial charge in [0.25, 0.3) is 6.71 Å². The van der Waals surface area contributed by atoms with Crippen molar-refractivity contribution in [2.45, 2.75) is 0 Å². The number of para-hydroxylation sites is 2. The van der Waals surface area contributed by atoms with Crippen molar-refractivity contribution in [3.05, 3.63) is 146 Å². The quantitative estimate of drug-likeness (QED) is 0.199. The molecule has 6 heteroatoms. The molecule has 0 saturated carbocycles. The molecule has 0 unspecified atom stereocenters. The smallest absolute Gasteiger partial charge is 0.260 e. The van der Waals surface area contributed by atoms with Crippen LogP contribution in [0.15, 0.2) is 146 Å². The number of ether oxygens (including phenoxy) is 2. The lowest BCUT2D eigenvalue weighted by atomic mass is 9.35. The van der Waals surface area contributed by atoms with E-state index in [9.17, 15) is 0 Å². The molecule has 214 valence electrons. The van der Waals surface area contributed by atoms with Crippen molar-refractivity contribution in [1.82, 2.24) is 14.5 Å². The van der Waals surface area contributed by atoms with Crippen molar-refractivity contribution in [1.29, 1.82) is 0 Å². The van der Waals surface area contributed by atoms with E-state index < -0.39 is 0 Å². The van der Waals surface area contributed by atoms with Crippen LogP contribution in [0.25, 0.3) is 50.0 Å². The van der Waals surface area contributed by atoms with E-state index in [4.69, 9.17) is 9.47 Å². The fraction of sp³-hybridized carbons (Fsp3) is 0. The van der Waals surface area contributed by atoms with Crippen molar-refractivity contribution < 1.29 is 9.47 Å². The summed E-state index contributed by atoms with van der Waals surface area (Å²) in [5, 5.41) is 2.42. The van der Waals surface area contributed by atoms with Gasteiger partial charge in [-0.25, -0.2) is 0 Å². The Morgan fingerprint density at radius 1 is 0.478 bits per heavy atom. The molecule has 0 atom stereocenters. The molecule has 3 aromatic heterocycles. The lowest BCUT2D eigenvalue weighted by molar-refractivity contribution is 0.464. The summed E-state index contributed by atoms with van der Waals surface area (Å²) in [6.45, 7) is -0.0553. The van der Waals surface area contributed by atoms with E-state index >= 15 is 0 Å². The van der Waals surface area contributed by atoms with Gasteiger partial charge in [0, 0.05) is 51.9 Å². The predicted molar refractivity (Wildman–Crippen MR) is 185 cm³/mol. The van der Waals surface area contributed by atoms with E-state index in [1.54, 1.807) is 0 Å². The Bertz CT molecular complexity index is 2320. The topological polar surface area (TPSA) is 49.2 Å². The van der Waals surface area contributed by atoms with Gasteiger partial charge < -0.3 is 14.0 Å². The molecular formula is C40H24BN3O2. The van der Waals surface area contributed by atoms with Gasteiger partial charge in [-0.05, 0) is 59.5 Å². The summed E-state index contributed by atoms with van der Waals surface area (Å²) in [7, 11) is 0. The average Bonchev–Trinajstić information content (AvgIpc) is 3.46. The molecule has 0 N–H and O–H groups in total. The summed E-state index contributed by atoms with van der Waals surface area (Å²) >= 11 is 0. The Kier molecular flexibility index (Phi) is 5.31. The molecule has 8 aromatic rings. The van der Waals surface area contributed by atoms with E-state index in [1.807, 2.05) is 48.8 Å². The predicted octanol–water partition coefficient (Wildman–Crippen LogP) is 7.64. The zero-order valence-corrected chi connectivity index (χ0v) is 24.6. The van der Waals surface area contributed by atoms with Crippen LogP contribution in [0.4, 0.5) is 0 Å². The number of fused-ring (bicyclic) bond motifs is 7. The first kappa shape index (κ1) is 25.2. The molecule has 2 aliphatic rings. The van der Waals surface area contributed by atoms with E-state index in [1.165, 1.54) is 10.8 Å². The van der Waals surface area contributed by atoms with Crippen LogP contribution in [0.2, 0.25) is 0 Å². The van der Waals surface area contributed by atoms with Crippen molar-refractivity contribution in [2.75, 3.05) is 0 Å². The molecule has 2 aliphatic heterocycles. The fourth-order valence-electron chi connectivity index (χ4n) is 7.19. The third kappa shape index (κ3) is 3.70. The summed E-state index contributed by atoms with van der Waals surface area (Å²) < 4.78 is 16.0. The van der Waals surface area contributed by atoms with Crippen LogP contribution in [-0.2, 0) is 0 Å². The Hall–Kier alpha value is -6.14. The van der Waals surface area contributed by atoms with Crippen molar-refractivity contribution >= 4 is 44.9 Å². The number of nitrogens with zero attached hydrogens (tertiary/aromatic N) is 3. The van der Waals surface area contributed by atoms with Gasteiger partial charge in [0.1, 0.15) is 23.0 Å². The molecule has 0 fully saturated rings. The van der Waals surface area contributed by atoms with Crippen molar-refractivity contribution in [2.24, 2.45) is 0 Å². The van der Waals surface area contributed by atoms with Gasteiger partial charge >= 0.3 is 0 Å². The lowest BCUT2D eigenvalue weighted by Crippen LogP contribution is -2.57. The van der Waals surface area contributed by atoms with E-state index in [0.717, 1.165) is 78.6 Å². The molecule has 5 nitrogen and oxygen atoms in total. The normalized spacial score (nSPS) is 12.7. The first-order chi connectivity index (χ1) is 22.8. The Balaban J connectivity index is 1.22. The van der Waals surface area contributed by atoms with E-state index in [2.05, 4.69) is 112 Å². The molecule has 0 spiro atoms. The van der Waals surface area contributed by atoms with Crippen LogP contribution in [0.5, 0.6) is 23.0 Å². The van der Waals surface area contributed by atoms with Crippen molar-refractivity contribution in [3.63, 3.8) is 0 Å². The summed E-state index contributed by atoms with van der Waals surface area (Å²) in [5.41, 5.74) is 10.3.